The molecule has 7 heteroatoms. The molecule has 0 unspecified atom stereocenters. The number of nitrogens with zero attached hydrogens (tertiary/aromatic N) is 1. The molecule has 6 nitrogen and oxygen atoms in total. The molecule has 1 aromatic carbocycles. The van der Waals surface area contributed by atoms with E-state index < -0.39 is 10.0 Å². The Kier molecular flexibility index (Phi) is 4.53. The third-order valence-corrected chi connectivity index (χ3v) is 4.02. The Morgan fingerprint density at radius 1 is 1.30 bits per heavy atom. The van der Waals surface area contributed by atoms with Gasteiger partial charge in [-0.25, -0.2) is 13.6 Å². The fourth-order valence-corrected chi connectivity index (χ4v) is 2.37. The molecule has 0 saturated carbocycles. The number of rotatable bonds is 6. The number of nitrogens with two attached hydrogens (primary N) is 1. The van der Waals surface area contributed by atoms with Crippen molar-refractivity contribution in [3.63, 3.8) is 0 Å². The minimum absolute atomic E-state index is 0.142. The molecule has 0 radical (unpaired) electrons. The van der Waals surface area contributed by atoms with Crippen LogP contribution in [0.4, 0.5) is 0 Å². The van der Waals surface area contributed by atoms with Gasteiger partial charge in [0.1, 0.15) is 0 Å². The number of aromatic amines is 1. The largest absolute Gasteiger partial charge is 0.312 e. The van der Waals surface area contributed by atoms with Crippen LogP contribution in [-0.4, -0.2) is 25.2 Å². The number of sulfonamides is 1. The molecule has 0 atom stereocenters. The van der Waals surface area contributed by atoms with Crippen molar-refractivity contribution in [1.29, 1.82) is 0 Å². The van der Waals surface area contributed by atoms with Gasteiger partial charge in [-0.1, -0.05) is 12.1 Å². The molecule has 1 aromatic heterocycles. The number of hydrogen-bond donors (Lipinski definition) is 3. The first kappa shape index (κ1) is 14.7. The number of benzene rings is 1. The second-order valence-electron chi connectivity index (χ2n) is 4.64. The molecule has 4 N–H and O–H groups in total. The molecule has 2 rings (SSSR count). The van der Waals surface area contributed by atoms with Crippen molar-refractivity contribution >= 4 is 10.0 Å². The molecule has 0 fully saturated rings. The van der Waals surface area contributed by atoms with Gasteiger partial charge in [-0.15, -0.1) is 0 Å². The van der Waals surface area contributed by atoms with Crippen LogP contribution in [0.2, 0.25) is 0 Å². The van der Waals surface area contributed by atoms with Crippen LogP contribution in [0.25, 0.3) is 0 Å². The number of nitrogens with one attached hydrogen (secondary N) is 2. The Labute approximate surface area is 118 Å². The van der Waals surface area contributed by atoms with Crippen molar-refractivity contribution in [3.05, 3.63) is 47.3 Å². The Morgan fingerprint density at radius 3 is 2.55 bits per heavy atom. The molecule has 0 aliphatic heterocycles. The molecule has 0 amide bonds. The minimum Gasteiger partial charge on any atom is -0.312 e. The summed E-state index contributed by atoms with van der Waals surface area (Å²) < 4.78 is 22.2. The number of H-pyrrole nitrogens is 1. The SMILES string of the molecule is Cc1[nH]ncc1CNCCc1ccc(S(N)(=O)=O)cc1. The third-order valence-electron chi connectivity index (χ3n) is 3.09. The molecular weight excluding hydrogens is 276 g/mol. The monoisotopic (exact) mass is 294 g/mol. The summed E-state index contributed by atoms with van der Waals surface area (Å²) in [6.07, 6.45) is 2.63. The zero-order valence-corrected chi connectivity index (χ0v) is 12.1. The first-order chi connectivity index (χ1) is 9.47. The van der Waals surface area contributed by atoms with Gasteiger partial charge in [-0.3, -0.25) is 5.10 Å². The van der Waals surface area contributed by atoms with Crippen LogP contribution in [0.3, 0.4) is 0 Å². The number of primary sulfonamides is 1. The molecule has 0 saturated heterocycles. The van der Waals surface area contributed by atoms with Gasteiger partial charge in [-0.05, 0) is 37.6 Å². The lowest BCUT2D eigenvalue weighted by Gasteiger charge is -2.05. The first-order valence-corrected chi connectivity index (χ1v) is 7.83. The summed E-state index contributed by atoms with van der Waals surface area (Å²) in [5.41, 5.74) is 3.28. The van der Waals surface area contributed by atoms with Crippen molar-refractivity contribution in [2.45, 2.75) is 24.8 Å². The van der Waals surface area contributed by atoms with Crippen LogP contribution in [0.1, 0.15) is 16.8 Å². The van der Waals surface area contributed by atoms with Gasteiger partial charge >= 0.3 is 0 Å². The average Bonchev–Trinajstić information content (AvgIpc) is 2.80. The highest BCUT2D eigenvalue weighted by atomic mass is 32.2. The summed E-state index contributed by atoms with van der Waals surface area (Å²) in [6, 6.07) is 6.63. The summed E-state index contributed by atoms with van der Waals surface area (Å²) in [4.78, 5) is 0.142. The molecule has 0 aliphatic rings. The Balaban J connectivity index is 1.81. The summed E-state index contributed by atoms with van der Waals surface area (Å²) in [5.74, 6) is 0. The average molecular weight is 294 g/mol. The van der Waals surface area contributed by atoms with E-state index in [1.54, 1.807) is 12.1 Å². The second-order valence-corrected chi connectivity index (χ2v) is 6.20. The normalized spacial score (nSPS) is 11.7. The highest BCUT2D eigenvalue weighted by molar-refractivity contribution is 7.89. The highest BCUT2D eigenvalue weighted by Gasteiger charge is 2.06. The lowest BCUT2D eigenvalue weighted by Crippen LogP contribution is -2.17. The van der Waals surface area contributed by atoms with Crippen molar-refractivity contribution in [2.75, 3.05) is 6.54 Å². The zero-order valence-electron chi connectivity index (χ0n) is 11.3. The van der Waals surface area contributed by atoms with Crippen molar-refractivity contribution < 1.29 is 8.42 Å². The molecule has 0 spiro atoms. The summed E-state index contributed by atoms with van der Waals surface area (Å²) in [7, 11) is -3.61. The van der Waals surface area contributed by atoms with E-state index in [0.717, 1.165) is 36.3 Å². The smallest absolute Gasteiger partial charge is 0.238 e. The van der Waals surface area contributed by atoms with Crippen molar-refractivity contribution in [1.82, 2.24) is 15.5 Å². The number of hydrogen-bond acceptors (Lipinski definition) is 4. The van der Waals surface area contributed by atoms with Crippen molar-refractivity contribution in [3.8, 4) is 0 Å². The van der Waals surface area contributed by atoms with Gasteiger partial charge < -0.3 is 5.32 Å². The third kappa shape index (κ3) is 3.89. The summed E-state index contributed by atoms with van der Waals surface area (Å²) in [5, 5.41) is 15.2. The van der Waals surface area contributed by atoms with E-state index in [4.69, 9.17) is 5.14 Å². The predicted molar refractivity (Wildman–Crippen MR) is 76.6 cm³/mol. The van der Waals surface area contributed by atoms with Crippen LogP contribution in [0.5, 0.6) is 0 Å². The molecule has 20 heavy (non-hydrogen) atoms. The van der Waals surface area contributed by atoms with Gasteiger partial charge in [-0.2, -0.15) is 5.10 Å². The minimum atomic E-state index is -3.61. The Morgan fingerprint density at radius 2 is 2.00 bits per heavy atom. The van der Waals surface area contributed by atoms with Crippen LogP contribution in [0.15, 0.2) is 35.4 Å². The fraction of sp³-hybridized carbons (Fsp3) is 0.308. The molecule has 1 heterocycles. The lowest BCUT2D eigenvalue weighted by atomic mass is 10.1. The van der Waals surface area contributed by atoms with Crippen LogP contribution >= 0.6 is 0 Å². The van der Waals surface area contributed by atoms with Gasteiger partial charge in [0.15, 0.2) is 0 Å². The van der Waals surface area contributed by atoms with Crippen LogP contribution in [-0.2, 0) is 23.0 Å². The molecular formula is C13H18N4O2S. The maximum atomic E-state index is 11.1. The van der Waals surface area contributed by atoms with E-state index in [1.807, 2.05) is 13.1 Å². The van der Waals surface area contributed by atoms with E-state index in [2.05, 4.69) is 15.5 Å². The lowest BCUT2D eigenvalue weighted by molar-refractivity contribution is 0.597. The van der Waals surface area contributed by atoms with E-state index in [0.29, 0.717) is 0 Å². The van der Waals surface area contributed by atoms with E-state index >= 15 is 0 Å². The highest BCUT2D eigenvalue weighted by Crippen LogP contribution is 2.09. The second kappa shape index (κ2) is 6.17. The maximum Gasteiger partial charge on any atom is 0.238 e. The van der Waals surface area contributed by atoms with E-state index in [-0.39, 0.29) is 4.90 Å². The van der Waals surface area contributed by atoms with E-state index in [9.17, 15) is 8.42 Å². The number of aromatic nitrogens is 2. The molecule has 2 aromatic rings. The topological polar surface area (TPSA) is 101 Å². The van der Waals surface area contributed by atoms with Gasteiger partial charge in [0.25, 0.3) is 0 Å². The summed E-state index contributed by atoms with van der Waals surface area (Å²) >= 11 is 0. The Hall–Kier alpha value is -1.70. The van der Waals surface area contributed by atoms with Gasteiger partial charge in [0.05, 0.1) is 11.1 Å². The van der Waals surface area contributed by atoms with Gasteiger partial charge in [0, 0.05) is 17.8 Å². The van der Waals surface area contributed by atoms with Crippen molar-refractivity contribution in [2.24, 2.45) is 5.14 Å². The molecule has 108 valence electrons. The maximum absolute atomic E-state index is 11.1. The molecule has 0 bridgehead atoms. The number of aryl methyl sites for hydroxylation is 1. The van der Waals surface area contributed by atoms with Crippen LogP contribution < -0.4 is 10.5 Å². The quantitative estimate of drug-likeness (QED) is 0.683. The zero-order chi connectivity index (χ0) is 14.6. The Bertz CT molecular complexity index is 662. The van der Waals surface area contributed by atoms with Crippen LogP contribution in [0, 0.1) is 6.92 Å². The predicted octanol–water partition coefficient (Wildman–Crippen LogP) is 0.698. The fourth-order valence-electron chi connectivity index (χ4n) is 1.86. The standard InChI is InChI=1S/C13H18N4O2S/c1-10-12(9-16-17-10)8-15-7-6-11-2-4-13(5-3-11)20(14,18)19/h2-5,9,15H,6-8H2,1H3,(H,16,17)(H2,14,18,19). The molecule has 0 aliphatic carbocycles. The van der Waals surface area contributed by atoms with Gasteiger partial charge in [0.2, 0.25) is 10.0 Å². The first-order valence-electron chi connectivity index (χ1n) is 6.28. The van der Waals surface area contributed by atoms with E-state index in [1.165, 1.54) is 12.1 Å². The summed E-state index contributed by atoms with van der Waals surface area (Å²) in [6.45, 7) is 3.55.